The first-order chi connectivity index (χ1) is 10.0. The number of benzene rings is 2. The van der Waals surface area contributed by atoms with Crippen LogP contribution in [0.5, 0.6) is 0 Å². The number of hydrogen-bond donors (Lipinski definition) is 0. The van der Waals surface area contributed by atoms with Crippen molar-refractivity contribution in [2.45, 2.75) is 0 Å². The molecule has 0 spiro atoms. The number of rotatable bonds is 2. The third-order valence-corrected chi connectivity index (χ3v) is 3.36. The highest BCUT2D eigenvalue weighted by atomic mass is 35.5. The summed E-state index contributed by atoms with van der Waals surface area (Å²) >= 11 is 12.0. The second kappa shape index (κ2) is 5.42. The van der Waals surface area contributed by atoms with E-state index in [0.29, 0.717) is 21.4 Å². The van der Waals surface area contributed by atoms with Crippen LogP contribution in [0.4, 0.5) is 8.78 Å². The molecule has 0 aliphatic carbocycles. The summed E-state index contributed by atoms with van der Waals surface area (Å²) in [4.78, 5) is 0. The molecule has 0 radical (unpaired) electrons. The number of hydrogen-bond acceptors (Lipinski definition) is 2. The van der Waals surface area contributed by atoms with Gasteiger partial charge >= 0.3 is 0 Å². The second-order valence-corrected chi connectivity index (χ2v) is 5.15. The van der Waals surface area contributed by atoms with Gasteiger partial charge in [-0.2, -0.15) is 0 Å². The summed E-state index contributed by atoms with van der Waals surface area (Å²) in [6.07, 6.45) is 1.52. The van der Waals surface area contributed by atoms with Gasteiger partial charge in [0.1, 0.15) is 17.3 Å². The lowest BCUT2D eigenvalue weighted by atomic mass is 10.1. The summed E-state index contributed by atoms with van der Waals surface area (Å²) in [5, 5.41) is 8.72. The molecule has 3 aromatic rings. The number of nitrogens with zero attached hydrogens (tertiary/aromatic N) is 3. The van der Waals surface area contributed by atoms with Gasteiger partial charge in [0.2, 0.25) is 0 Å². The Bertz CT molecular complexity index is 797. The normalized spacial score (nSPS) is 10.9. The summed E-state index contributed by atoms with van der Waals surface area (Å²) in [6, 6.07) is 8.04. The van der Waals surface area contributed by atoms with Crippen molar-refractivity contribution in [2.75, 3.05) is 0 Å². The Balaban J connectivity index is 2.05. The standard InChI is InChI=1S/C14H7Cl2F2N3/c15-9-1-2-12(16)14(5-9)21-7-13(19-20-21)8-3-10(17)6-11(18)4-8/h1-7H. The molecule has 3 nitrogen and oxygen atoms in total. The first-order valence-electron chi connectivity index (χ1n) is 5.87. The third kappa shape index (κ3) is 2.89. The van der Waals surface area contributed by atoms with Gasteiger partial charge < -0.3 is 0 Å². The fourth-order valence-electron chi connectivity index (χ4n) is 1.88. The zero-order valence-corrected chi connectivity index (χ0v) is 11.9. The molecule has 0 fully saturated rings. The van der Waals surface area contributed by atoms with Gasteiger partial charge in [-0.25, -0.2) is 13.5 Å². The largest absolute Gasteiger partial charge is 0.219 e. The smallest absolute Gasteiger partial charge is 0.126 e. The first-order valence-corrected chi connectivity index (χ1v) is 6.63. The van der Waals surface area contributed by atoms with Crippen LogP contribution in [-0.4, -0.2) is 15.0 Å². The van der Waals surface area contributed by atoms with Crippen molar-refractivity contribution in [3.63, 3.8) is 0 Å². The van der Waals surface area contributed by atoms with E-state index in [2.05, 4.69) is 10.3 Å². The van der Waals surface area contributed by atoms with Crippen LogP contribution < -0.4 is 0 Å². The minimum atomic E-state index is -0.680. The van der Waals surface area contributed by atoms with E-state index >= 15 is 0 Å². The minimum Gasteiger partial charge on any atom is -0.219 e. The summed E-state index contributed by atoms with van der Waals surface area (Å²) < 4.78 is 27.8. The van der Waals surface area contributed by atoms with E-state index in [0.717, 1.165) is 6.07 Å². The van der Waals surface area contributed by atoms with Gasteiger partial charge in [0.15, 0.2) is 0 Å². The lowest BCUT2D eigenvalue weighted by molar-refractivity contribution is 0.584. The highest BCUT2D eigenvalue weighted by molar-refractivity contribution is 6.34. The molecular weight excluding hydrogens is 319 g/mol. The molecule has 0 saturated carbocycles. The maximum Gasteiger partial charge on any atom is 0.126 e. The van der Waals surface area contributed by atoms with Crippen LogP contribution in [0, 0.1) is 11.6 Å². The van der Waals surface area contributed by atoms with E-state index in [9.17, 15) is 8.78 Å². The van der Waals surface area contributed by atoms with Crippen LogP contribution in [0.25, 0.3) is 16.9 Å². The monoisotopic (exact) mass is 325 g/mol. The molecule has 106 valence electrons. The van der Waals surface area contributed by atoms with Crippen LogP contribution in [0.2, 0.25) is 10.0 Å². The Morgan fingerprint density at radius 3 is 2.38 bits per heavy atom. The molecule has 0 amide bonds. The van der Waals surface area contributed by atoms with Crippen LogP contribution in [0.15, 0.2) is 42.6 Å². The van der Waals surface area contributed by atoms with Crippen molar-refractivity contribution in [3.8, 4) is 16.9 Å². The van der Waals surface area contributed by atoms with Crippen molar-refractivity contribution >= 4 is 23.2 Å². The van der Waals surface area contributed by atoms with Crippen LogP contribution >= 0.6 is 23.2 Å². The molecule has 0 saturated heterocycles. The molecular formula is C14H7Cl2F2N3. The van der Waals surface area contributed by atoms with Crippen molar-refractivity contribution in [2.24, 2.45) is 0 Å². The molecule has 0 unspecified atom stereocenters. The molecule has 0 atom stereocenters. The number of halogens is 4. The highest BCUT2D eigenvalue weighted by Gasteiger charge is 2.10. The molecule has 0 N–H and O–H groups in total. The van der Waals surface area contributed by atoms with Crippen molar-refractivity contribution in [1.82, 2.24) is 15.0 Å². The van der Waals surface area contributed by atoms with Crippen molar-refractivity contribution in [1.29, 1.82) is 0 Å². The zero-order chi connectivity index (χ0) is 15.0. The van der Waals surface area contributed by atoms with Gasteiger partial charge in [0, 0.05) is 16.7 Å². The Kier molecular flexibility index (Phi) is 3.61. The molecule has 0 aliphatic rings. The van der Waals surface area contributed by atoms with Gasteiger partial charge in [-0.1, -0.05) is 28.4 Å². The lowest BCUT2D eigenvalue weighted by Gasteiger charge is -2.03. The summed E-state index contributed by atoms with van der Waals surface area (Å²) in [5.74, 6) is -1.36. The number of aromatic nitrogens is 3. The average molecular weight is 326 g/mol. The van der Waals surface area contributed by atoms with Crippen LogP contribution in [0.3, 0.4) is 0 Å². The molecule has 2 aromatic carbocycles. The fourth-order valence-corrected chi connectivity index (χ4v) is 2.25. The van der Waals surface area contributed by atoms with Gasteiger partial charge in [-0.3, -0.25) is 0 Å². The Morgan fingerprint density at radius 2 is 1.67 bits per heavy atom. The topological polar surface area (TPSA) is 30.7 Å². The van der Waals surface area contributed by atoms with E-state index in [1.165, 1.54) is 23.0 Å². The summed E-state index contributed by atoms with van der Waals surface area (Å²) in [6.45, 7) is 0. The Hall–Kier alpha value is -1.98. The van der Waals surface area contributed by atoms with Gasteiger partial charge in [-0.05, 0) is 30.3 Å². The Labute approximate surface area is 128 Å². The van der Waals surface area contributed by atoms with E-state index in [4.69, 9.17) is 23.2 Å². The maximum atomic E-state index is 13.2. The van der Waals surface area contributed by atoms with Crippen LogP contribution in [0.1, 0.15) is 0 Å². The van der Waals surface area contributed by atoms with E-state index in [1.54, 1.807) is 18.2 Å². The minimum absolute atomic E-state index is 0.289. The van der Waals surface area contributed by atoms with Crippen LogP contribution in [-0.2, 0) is 0 Å². The molecule has 1 aromatic heterocycles. The SMILES string of the molecule is Fc1cc(F)cc(-c2cn(-c3cc(Cl)ccc3Cl)nn2)c1. The van der Waals surface area contributed by atoms with Crippen molar-refractivity contribution < 1.29 is 8.78 Å². The average Bonchev–Trinajstić information content (AvgIpc) is 2.90. The molecule has 0 bridgehead atoms. The summed E-state index contributed by atoms with van der Waals surface area (Å²) in [7, 11) is 0. The highest BCUT2D eigenvalue weighted by Crippen LogP contribution is 2.25. The fraction of sp³-hybridized carbons (Fsp3) is 0. The molecule has 3 rings (SSSR count). The zero-order valence-electron chi connectivity index (χ0n) is 10.4. The van der Waals surface area contributed by atoms with E-state index in [-0.39, 0.29) is 5.56 Å². The summed E-state index contributed by atoms with van der Waals surface area (Å²) in [5.41, 5.74) is 1.14. The Morgan fingerprint density at radius 1 is 0.952 bits per heavy atom. The van der Waals surface area contributed by atoms with E-state index < -0.39 is 11.6 Å². The first kappa shape index (κ1) is 14.0. The maximum absolute atomic E-state index is 13.2. The third-order valence-electron chi connectivity index (χ3n) is 2.81. The molecule has 1 heterocycles. The predicted molar refractivity (Wildman–Crippen MR) is 76.7 cm³/mol. The molecule has 0 aliphatic heterocycles. The van der Waals surface area contributed by atoms with E-state index in [1.807, 2.05) is 0 Å². The van der Waals surface area contributed by atoms with Gasteiger partial charge in [0.25, 0.3) is 0 Å². The van der Waals surface area contributed by atoms with Crippen molar-refractivity contribution in [3.05, 3.63) is 64.3 Å². The molecule has 21 heavy (non-hydrogen) atoms. The quantitative estimate of drug-likeness (QED) is 0.693. The van der Waals surface area contributed by atoms with Gasteiger partial charge in [0.05, 0.1) is 16.9 Å². The predicted octanol–water partition coefficient (Wildman–Crippen LogP) is 4.52. The second-order valence-electron chi connectivity index (χ2n) is 4.30. The van der Waals surface area contributed by atoms with Gasteiger partial charge in [-0.15, -0.1) is 5.10 Å². The lowest BCUT2D eigenvalue weighted by Crippen LogP contribution is -1.95. The molecule has 7 heteroatoms.